The van der Waals surface area contributed by atoms with Crippen LogP contribution in [0.3, 0.4) is 0 Å². The molecule has 0 aliphatic heterocycles. The van der Waals surface area contributed by atoms with Crippen molar-refractivity contribution in [3.8, 4) is 22.4 Å². The summed E-state index contributed by atoms with van der Waals surface area (Å²) in [6, 6.07) is 94.0. The van der Waals surface area contributed by atoms with Crippen LogP contribution in [0, 0.1) is 6.92 Å². The van der Waals surface area contributed by atoms with E-state index in [0.29, 0.717) is 0 Å². The number of hydrogen-bond donors (Lipinski definition) is 0. The van der Waals surface area contributed by atoms with Gasteiger partial charge in [0.2, 0.25) is 0 Å². The van der Waals surface area contributed by atoms with Crippen molar-refractivity contribution in [3.63, 3.8) is 0 Å². The highest BCUT2D eigenvalue weighted by Crippen LogP contribution is 2.59. The maximum absolute atomic E-state index is 4.66. The number of rotatable bonds is 13. The molecule has 13 rings (SSSR count). The van der Waals surface area contributed by atoms with E-state index in [9.17, 15) is 0 Å². The molecule has 0 amide bonds. The van der Waals surface area contributed by atoms with E-state index in [4.69, 9.17) is 0 Å². The Labute approximate surface area is 439 Å². The van der Waals surface area contributed by atoms with Crippen molar-refractivity contribution in [1.82, 2.24) is 4.98 Å². The topological polar surface area (TPSA) is 12.9 Å². The highest BCUT2D eigenvalue weighted by atomic mass is 32.1. The average Bonchev–Trinajstić information content (AvgIpc) is 4.00. The fourth-order valence-electron chi connectivity index (χ4n) is 12.6. The summed E-state index contributed by atoms with van der Waals surface area (Å²) in [6.45, 7) is 4.66. The Morgan fingerprint density at radius 3 is 1.77 bits per heavy atom. The van der Waals surface area contributed by atoms with E-state index in [1.54, 1.807) is 0 Å². The Morgan fingerprint density at radius 2 is 1.07 bits per heavy atom. The molecular formula is C72H57NS. The Balaban J connectivity index is 0.967. The van der Waals surface area contributed by atoms with Gasteiger partial charge < -0.3 is 0 Å². The summed E-state index contributed by atoms with van der Waals surface area (Å²) in [5, 5.41) is 5.36. The summed E-state index contributed by atoms with van der Waals surface area (Å²) in [5.41, 5.74) is 19.0. The first-order valence-corrected chi connectivity index (χ1v) is 27.2. The van der Waals surface area contributed by atoms with Gasteiger partial charge in [0.1, 0.15) is 0 Å². The first kappa shape index (κ1) is 45.7. The van der Waals surface area contributed by atoms with Crippen LogP contribution in [0.4, 0.5) is 0 Å². The van der Waals surface area contributed by atoms with Crippen LogP contribution in [-0.4, -0.2) is 4.98 Å². The molecule has 1 aliphatic rings. The van der Waals surface area contributed by atoms with Gasteiger partial charge in [-0.05, 0) is 146 Å². The first-order valence-electron chi connectivity index (χ1n) is 26.4. The van der Waals surface area contributed by atoms with Crippen molar-refractivity contribution in [2.45, 2.75) is 56.3 Å². The van der Waals surface area contributed by atoms with Crippen molar-refractivity contribution in [2.75, 3.05) is 0 Å². The van der Waals surface area contributed by atoms with Gasteiger partial charge in [0.25, 0.3) is 0 Å². The molecule has 2 aromatic heterocycles. The molecule has 0 saturated heterocycles. The van der Waals surface area contributed by atoms with Crippen LogP contribution in [-0.2, 0) is 18.3 Å². The van der Waals surface area contributed by atoms with E-state index in [1.165, 1.54) is 103 Å². The standard InChI is InChI=1S/C72H57NS/c1-48-29-31-51(32-30-48)59(52-33-35-53(36-34-52)68-27-16-17-43-73-68)40-38-56-47-67-71(62-26-13-12-24-60(56)62)63-41-37-54(46-66(63)72(67,57-20-8-4-9-21-57)58-22-10-5-11-23-58)49(2)64(44-50-18-6-3-7-19-50)55-39-42-70-65(45-55)61-25-14-15-28-69(61)74-70/h3-37,39,41-43,45-47,49,59,64H,38,40,44H2,1-2H3. The summed E-state index contributed by atoms with van der Waals surface area (Å²) in [6.07, 6.45) is 4.70. The minimum atomic E-state index is -0.567. The fourth-order valence-corrected chi connectivity index (χ4v) is 13.7. The monoisotopic (exact) mass is 967 g/mol. The number of fused-ring (bicyclic) bond motifs is 8. The molecule has 0 bridgehead atoms. The van der Waals surface area contributed by atoms with Crippen LogP contribution in [0.5, 0.6) is 0 Å². The maximum atomic E-state index is 4.66. The van der Waals surface area contributed by atoms with Gasteiger partial charge in [-0.2, -0.15) is 0 Å². The number of hydrogen-bond acceptors (Lipinski definition) is 2. The van der Waals surface area contributed by atoms with E-state index in [2.05, 4.69) is 261 Å². The Kier molecular flexibility index (Phi) is 11.9. The summed E-state index contributed by atoms with van der Waals surface area (Å²) >= 11 is 1.90. The lowest BCUT2D eigenvalue weighted by Gasteiger charge is -2.35. The molecule has 10 aromatic carbocycles. The lowest BCUT2D eigenvalue weighted by atomic mass is 9.66. The van der Waals surface area contributed by atoms with Crippen molar-refractivity contribution < 1.29 is 0 Å². The maximum Gasteiger partial charge on any atom is 0.0713 e. The van der Waals surface area contributed by atoms with Crippen molar-refractivity contribution in [2.24, 2.45) is 0 Å². The van der Waals surface area contributed by atoms with Gasteiger partial charge in [-0.3, -0.25) is 4.98 Å². The van der Waals surface area contributed by atoms with Gasteiger partial charge in [0.05, 0.1) is 11.1 Å². The average molecular weight is 968 g/mol. The molecule has 0 spiro atoms. The van der Waals surface area contributed by atoms with Crippen LogP contribution in [0.2, 0.25) is 0 Å². The van der Waals surface area contributed by atoms with Crippen LogP contribution in [0.15, 0.2) is 255 Å². The first-order chi connectivity index (χ1) is 36.5. The predicted molar refractivity (Wildman–Crippen MR) is 313 cm³/mol. The van der Waals surface area contributed by atoms with Gasteiger partial charge in [0, 0.05) is 37.9 Å². The molecule has 0 saturated carbocycles. The van der Waals surface area contributed by atoms with Gasteiger partial charge >= 0.3 is 0 Å². The highest BCUT2D eigenvalue weighted by molar-refractivity contribution is 7.25. The third kappa shape index (κ3) is 8.06. The van der Waals surface area contributed by atoms with Crippen LogP contribution < -0.4 is 0 Å². The minimum Gasteiger partial charge on any atom is -0.256 e. The number of benzene rings is 10. The highest BCUT2D eigenvalue weighted by Gasteiger charge is 2.47. The van der Waals surface area contributed by atoms with Crippen LogP contribution in [0.1, 0.15) is 92.3 Å². The van der Waals surface area contributed by atoms with Crippen molar-refractivity contribution in [3.05, 3.63) is 316 Å². The normalized spacial score (nSPS) is 13.9. The molecule has 3 unspecified atom stereocenters. The Bertz CT molecular complexity index is 3890. The molecule has 1 nitrogen and oxygen atoms in total. The Hall–Kier alpha value is -8.17. The van der Waals surface area contributed by atoms with E-state index in [-0.39, 0.29) is 17.8 Å². The zero-order valence-electron chi connectivity index (χ0n) is 42.0. The molecule has 3 atom stereocenters. The second-order valence-corrected chi connectivity index (χ2v) is 21.7. The minimum absolute atomic E-state index is 0.206. The molecule has 1 aliphatic carbocycles. The SMILES string of the molecule is Cc1ccc(C(CCc2cc3c(c4ccccc24)-c2ccc(C(C)C(Cc4ccccc4)c4ccc5sc6ccccc6c5c4)cc2C3(c2ccccc2)c2ccccc2)c2ccc(-c3ccccn3)cc2)cc1. The molecule has 74 heavy (non-hydrogen) atoms. The number of pyridine rings is 1. The molecule has 0 radical (unpaired) electrons. The van der Waals surface area contributed by atoms with E-state index >= 15 is 0 Å². The summed E-state index contributed by atoms with van der Waals surface area (Å²) in [5.74, 6) is 0.655. The Morgan fingerprint density at radius 1 is 0.473 bits per heavy atom. The molecule has 0 N–H and O–H groups in total. The van der Waals surface area contributed by atoms with Crippen molar-refractivity contribution in [1.29, 1.82) is 0 Å². The largest absolute Gasteiger partial charge is 0.256 e. The number of thiophene rings is 1. The zero-order valence-corrected chi connectivity index (χ0v) is 42.8. The summed E-state index contributed by atoms with van der Waals surface area (Å²) in [4.78, 5) is 4.66. The number of nitrogens with zero attached hydrogens (tertiary/aromatic N) is 1. The fraction of sp³-hybridized carbons (Fsp3) is 0.125. The lowest BCUT2D eigenvalue weighted by molar-refractivity contribution is 0.572. The second-order valence-electron chi connectivity index (χ2n) is 20.6. The quantitative estimate of drug-likeness (QED) is 0.112. The second kappa shape index (κ2) is 19.4. The molecule has 2 heterocycles. The van der Waals surface area contributed by atoms with E-state index in [0.717, 1.165) is 30.5 Å². The molecule has 12 aromatic rings. The third-order valence-electron chi connectivity index (χ3n) is 16.4. The van der Waals surface area contributed by atoms with Crippen molar-refractivity contribution >= 4 is 42.3 Å². The van der Waals surface area contributed by atoms with E-state index < -0.39 is 5.41 Å². The van der Waals surface area contributed by atoms with Crippen LogP contribution >= 0.6 is 11.3 Å². The third-order valence-corrected chi connectivity index (χ3v) is 17.5. The molecule has 2 heteroatoms. The summed E-state index contributed by atoms with van der Waals surface area (Å²) < 4.78 is 2.69. The van der Waals surface area contributed by atoms with Gasteiger partial charge in [-0.1, -0.05) is 231 Å². The number of aryl methyl sites for hydroxylation is 2. The number of aromatic nitrogens is 1. The van der Waals surface area contributed by atoms with Crippen LogP contribution in [0.25, 0.3) is 53.3 Å². The molecule has 0 fully saturated rings. The lowest BCUT2D eigenvalue weighted by Crippen LogP contribution is -2.29. The summed E-state index contributed by atoms with van der Waals surface area (Å²) in [7, 11) is 0. The zero-order chi connectivity index (χ0) is 49.6. The van der Waals surface area contributed by atoms with Gasteiger partial charge in [-0.15, -0.1) is 11.3 Å². The molecular weight excluding hydrogens is 911 g/mol. The van der Waals surface area contributed by atoms with Gasteiger partial charge in [-0.25, -0.2) is 0 Å². The smallest absolute Gasteiger partial charge is 0.0713 e. The predicted octanol–water partition coefficient (Wildman–Crippen LogP) is 18.8. The molecule has 356 valence electrons. The van der Waals surface area contributed by atoms with E-state index in [1.807, 2.05) is 23.6 Å². The van der Waals surface area contributed by atoms with Gasteiger partial charge in [0.15, 0.2) is 0 Å².